The summed E-state index contributed by atoms with van der Waals surface area (Å²) < 4.78 is 67.5. The van der Waals surface area contributed by atoms with Gasteiger partial charge < -0.3 is 25.0 Å². The van der Waals surface area contributed by atoms with Crippen LogP contribution in [0.3, 0.4) is 0 Å². The van der Waals surface area contributed by atoms with Gasteiger partial charge >= 0.3 is 6.36 Å². The lowest BCUT2D eigenvalue weighted by atomic mass is 10.1. The first kappa shape index (κ1) is 34.9. The van der Waals surface area contributed by atoms with Gasteiger partial charge in [0.1, 0.15) is 11.5 Å². The number of unbranched alkanes of at least 4 members (excludes halogenated alkanes) is 1. The van der Waals surface area contributed by atoms with Crippen molar-refractivity contribution < 1.29 is 40.7 Å². The van der Waals surface area contributed by atoms with E-state index in [1.165, 1.54) is 36.1 Å². The molecule has 1 saturated carbocycles. The van der Waals surface area contributed by atoms with Crippen molar-refractivity contribution in [2.75, 3.05) is 51.8 Å². The molecule has 1 heterocycles. The fraction of sp³-hybridized carbons (Fsp3) is 0.517. The van der Waals surface area contributed by atoms with Gasteiger partial charge in [0.15, 0.2) is 9.84 Å². The molecule has 0 bridgehead atoms. The Bertz CT molecular complexity index is 1200. The molecule has 2 aromatic carbocycles. The van der Waals surface area contributed by atoms with Crippen LogP contribution >= 0.6 is 0 Å². The minimum absolute atomic E-state index is 0.0588. The summed E-state index contributed by atoms with van der Waals surface area (Å²) in [4.78, 5) is 25.2. The maximum Gasteiger partial charge on any atom is 0.573 e. The number of alkyl halides is 3. The molecule has 1 aliphatic heterocycles. The molecule has 2 aliphatic rings. The van der Waals surface area contributed by atoms with Crippen molar-refractivity contribution in [2.24, 2.45) is 0 Å². The Labute approximate surface area is 245 Å². The van der Waals surface area contributed by atoms with Crippen LogP contribution in [-0.2, 0) is 14.6 Å². The maximum atomic E-state index is 12.1. The Morgan fingerprint density at radius 2 is 1.55 bits per heavy atom. The second-order valence-electron chi connectivity index (χ2n) is 9.79. The van der Waals surface area contributed by atoms with Crippen LogP contribution in [0.25, 0.3) is 0 Å². The average Bonchev–Trinajstić information content (AvgIpc) is 3.81. The molecule has 9 nitrogen and oxygen atoms in total. The highest BCUT2D eigenvalue weighted by Gasteiger charge is 2.31. The number of ether oxygens (including phenoxy) is 2. The van der Waals surface area contributed by atoms with E-state index >= 15 is 0 Å². The van der Waals surface area contributed by atoms with Gasteiger partial charge in [-0.2, -0.15) is 0 Å². The standard InChI is InChI=1S/C14H15F3N2O5S.C10H12O.C5H13N/c15-14(16,17)24-11-3-1-10(2-4-11)13(21)18-9-12(20)19-5-7-25(22,23)8-6-19;1-11-10-6-4-9(5-7-10)8-2-3-8;1-3-4-5-6-2/h1-4H,5-9H2,(H,18,21);4-8H,2-3H2,1H3;6H,3-5H2,1-2H3. The monoisotopic (exact) mass is 615 g/mol. The Balaban J connectivity index is 0.000000295. The fourth-order valence-electron chi connectivity index (χ4n) is 3.79. The Morgan fingerprint density at radius 3 is 2.00 bits per heavy atom. The Kier molecular flexibility index (Phi) is 14.1. The van der Waals surface area contributed by atoms with Gasteiger partial charge in [-0.25, -0.2) is 8.42 Å². The minimum Gasteiger partial charge on any atom is -0.497 e. The molecular formula is C29H40F3N3O6S. The first-order valence-electron chi connectivity index (χ1n) is 13.8. The normalized spacial score (nSPS) is 15.7. The lowest BCUT2D eigenvalue weighted by Gasteiger charge is -2.26. The zero-order valence-electron chi connectivity index (χ0n) is 24.2. The number of nitrogens with zero attached hydrogens (tertiary/aromatic N) is 1. The fourth-order valence-corrected chi connectivity index (χ4v) is 4.99. The number of nitrogens with one attached hydrogen (secondary N) is 2. The number of hydrogen-bond acceptors (Lipinski definition) is 7. The predicted octanol–water partition coefficient (Wildman–Crippen LogP) is 4.15. The van der Waals surface area contributed by atoms with E-state index in [0.29, 0.717) is 0 Å². The zero-order valence-corrected chi connectivity index (χ0v) is 25.0. The van der Waals surface area contributed by atoms with Crippen LogP contribution < -0.4 is 20.1 Å². The highest BCUT2D eigenvalue weighted by Crippen LogP contribution is 2.40. The largest absolute Gasteiger partial charge is 0.573 e. The van der Waals surface area contributed by atoms with Gasteiger partial charge in [0, 0.05) is 18.7 Å². The van der Waals surface area contributed by atoms with Gasteiger partial charge in [0.25, 0.3) is 5.91 Å². The molecule has 4 rings (SSSR count). The summed E-state index contributed by atoms with van der Waals surface area (Å²) >= 11 is 0. The molecule has 13 heteroatoms. The summed E-state index contributed by atoms with van der Waals surface area (Å²) in [7, 11) is 0.569. The number of benzene rings is 2. The summed E-state index contributed by atoms with van der Waals surface area (Å²) in [6.45, 7) is 3.16. The van der Waals surface area contributed by atoms with Crippen molar-refractivity contribution >= 4 is 21.7 Å². The second-order valence-corrected chi connectivity index (χ2v) is 12.1. The lowest BCUT2D eigenvalue weighted by molar-refractivity contribution is -0.274. The number of hydrogen-bond donors (Lipinski definition) is 2. The highest BCUT2D eigenvalue weighted by atomic mass is 32.2. The van der Waals surface area contributed by atoms with E-state index in [2.05, 4.69) is 34.4 Å². The van der Waals surface area contributed by atoms with E-state index in [9.17, 15) is 31.2 Å². The molecule has 1 aliphatic carbocycles. The second kappa shape index (κ2) is 17.0. The Hall–Kier alpha value is -3.32. The van der Waals surface area contributed by atoms with Crippen molar-refractivity contribution in [1.29, 1.82) is 0 Å². The molecule has 2 N–H and O–H groups in total. The number of carbonyl (C=O) groups excluding carboxylic acids is 2. The molecule has 42 heavy (non-hydrogen) atoms. The number of methoxy groups -OCH3 is 1. The first-order chi connectivity index (χ1) is 19.9. The van der Waals surface area contributed by atoms with Crippen LogP contribution in [0.1, 0.15) is 54.4 Å². The number of sulfone groups is 1. The van der Waals surface area contributed by atoms with Crippen LogP contribution in [-0.4, -0.2) is 83.3 Å². The van der Waals surface area contributed by atoms with E-state index in [1.54, 1.807) is 7.11 Å². The zero-order chi connectivity index (χ0) is 31.2. The van der Waals surface area contributed by atoms with E-state index in [-0.39, 0.29) is 36.7 Å². The Morgan fingerprint density at radius 1 is 0.976 bits per heavy atom. The van der Waals surface area contributed by atoms with E-state index in [4.69, 9.17) is 4.74 Å². The SMILES string of the molecule is CCCCNC.COc1ccc(C2CC2)cc1.O=C(NCC(=O)N1CCS(=O)(=O)CC1)c1ccc(OC(F)(F)F)cc1. The van der Waals surface area contributed by atoms with Crippen LogP contribution in [0, 0.1) is 0 Å². The number of halogens is 3. The van der Waals surface area contributed by atoms with Gasteiger partial charge in [-0.1, -0.05) is 25.5 Å². The average molecular weight is 616 g/mol. The molecule has 2 amide bonds. The number of rotatable bonds is 9. The summed E-state index contributed by atoms with van der Waals surface area (Å²) in [5, 5.41) is 5.41. The third-order valence-electron chi connectivity index (χ3n) is 6.39. The summed E-state index contributed by atoms with van der Waals surface area (Å²) in [6.07, 6.45) is 0.508. The van der Waals surface area contributed by atoms with E-state index in [1.807, 2.05) is 19.2 Å². The quantitative estimate of drug-likeness (QED) is 0.408. The van der Waals surface area contributed by atoms with Crippen LogP contribution in [0.15, 0.2) is 48.5 Å². The van der Waals surface area contributed by atoms with Crippen LogP contribution in [0.2, 0.25) is 0 Å². The lowest BCUT2D eigenvalue weighted by Crippen LogP contribution is -2.47. The molecule has 0 spiro atoms. The van der Waals surface area contributed by atoms with Crippen molar-refractivity contribution in [3.63, 3.8) is 0 Å². The summed E-state index contributed by atoms with van der Waals surface area (Å²) in [6, 6.07) is 12.6. The molecule has 0 aromatic heterocycles. The number of carbonyl (C=O) groups is 2. The van der Waals surface area contributed by atoms with E-state index in [0.717, 1.165) is 42.5 Å². The third-order valence-corrected chi connectivity index (χ3v) is 8.00. The smallest absolute Gasteiger partial charge is 0.497 e. The first-order valence-corrected chi connectivity index (χ1v) is 15.6. The van der Waals surface area contributed by atoms with Gasteiger partial charge in [0.2, 0.25) is 5.91 Å². The highest BCUT2D eigenvalue weighted by molar-refractivity contribution is 7.91. The van der Waals surface area contributed by atoms with Crippen LogP contribution in [0.5, 0.6) is 11.5 Å². The van der Waals surface area contributed by atoms with Gasteiger partial charge in [-0.05, 0) is 80.7 Å². The summed E-state index contributed by atoms with van der Waals surface area (Å²) in [5.41, 5.74) is 1.52. The molecule has 2 aromatic rings. The molecule has 0 radical (unpaired) electrons. The van der Waals surface area contributed by atoms with Crippen LogP contribution in [0.4, 0.5) is 13.2 Å². The molecule has 234 valence electrons. The number of amides is 2. The predicted molar refractivity (Wildman–Crippen MR) is 154 cm³/mol. The van der Waals surface area contributed by atoms with E-state index < -0.39 is 33.8 Å². The van der Waals surface area contributed by atoms with Crippen molar-refractivity contribution in [2.45, 2.75) is 44.9 Å². The topological polar surface area (TPSA) is 114 Å². The van der Waals surface area contributed by atoms with Gasteiger partial charge in [-0.3, -0.25) is 9.59 Å². The van der Waals surface area contributed by atoms with Gasteiger partial charge in [0.05, 0.1) is 25.2 Å². The maximum absolute atomic E-state index is 12.1. The van der Waals surface area contributed by atoms with Gasteiger partial charge in [-0.15, -0.1) is 13.2 Å². The summed E-state index contributed by atoms with van der Waals surface area (Å²) in [5.74, 6) is 0.0301. The van der Waals surface area contributed by atoms with Crippen molar-refractivity contribution in [3.8, 4) is 11.5 Å². The molecule has 0 atom stereocenters. The third kappa shape index (κ3) is 13.6. The molecule has 1 saturated heterocycles. The van der Waals surface area contributed by atoms with Crippen molar-refractivity contribution in [3.05, 3.63) is 59.7 Å². The molecule has 2 fully saturated rings. The minimum atomic E-state index is -4.82. The molecular weight excluding hydrogens is 575 g/mol. The molecule has 0 unspecified atom stereocenters. The van der Waals surface area contributed by atoms with Crippen molar-refractivity contribution in [1.82, 2.24) is 15.5 Å².